The molecule has 0 bridgehead atoms. The Bertz CT molecular complexity index is 217. The summed E-state index contributed by atoms with van der Waals surface area (Å²) in [6, 6.07) is 0. The van der Waals surface area contributed by atoms with E-state index in [1.54, 1.807) is 0 Å². The van der Waals surface area contributed by atoms with Crippen molar-refractivity contribution < 1.29 is 9.59 Å². The van der Waals surface area contributed by atoms with E-state index in [0.29, 0.717) is 0 Å². The van der Waals surface area contributed by atoms with Crippen LogP contribution >= 0.6 is 0 Å². The Morgan fingerprint density at radius 3 is 1.58 bits per heavy atom. The molecule has 12 heavy (non-hydrogen) atoms. The van der Waals surface area contributed by atoms with Crippen LogP contribution in [0.4, 0.5) is 0 Å². The first-order chi connectivity index (χ1) is 4.93. The lowest BCUT2D eigenvalue weighted by atomic mass is 10.1. The first-order valence-electron chi connectivity index (χ1n) is 3.49. The molecule has 0 N–H and O–H groups in total. The summed E-state index contributed by atoms with van der Waals surface area (Å²) >= 11 is 0. The molecule has 0 fully saturated rings. The third-order valence-corrected chi connectivity index (χ3v) is 1.48. The molecule has 0 aromatic rings. The summed E-state index contributed by atoms with van der Waals surface area (Å²) in [5, 5.41) is 0. The zero-order valence-corrected chi connectivity index (χ0v) is 6.92. The third-order valence-electron chi connectivity index (χ3n) is 1.48. The van der Waals surface area contributed by atoms with Gasteiger partial charge in [-0.25, -0.2) is 0 Å². The van der Waals surface area contributed by atoms with Gasteiger partial charge in [0, 0.05) is 17.7 Å². The fourth-order valence-corrected chi connectivity index (χ4v) is 1.06. The summed E-state index contributed by atoms with van der Waals surface area (Å²) < 4.78 is 0. The van der Waals surface area contributed by atoms with Crippen molar-refractivity contribution in [1.29, 1.82) is 0 Å². The van der Waals surface area contributed by atoms with Crippen molar-refractivity contribution in [2.24, 2.45) is 0 Å². The average molecular weight is 169 g/mol. The van der Waals surface area contributed by atoms with Gasteiger partial charge in [0.15, 0.2) is 0 Å². The first-order valence-corrected chi connectivity index (χ1v) is 3.49. The molecule has 1 aliphatic rings. The van der Waals surface area contributed by atoms with Gasteiger partial charge >= 0.3 is 0 Å². The highest BCUT2D eigenvalue weighted by atomic mass is 16.2. The Morgan fingerprint density at radius 2 is 1.42 bits per heavy atom. The molecule has 2 amide bonds. The van der Waals surface area contributed by atoms with E-state index in [-0.39, 0.29) is 19.2 Å². The van der Waals surface area contributed by atoms with Crippen molar-refractivity contribution in [2.75, 3.05) is 0 Å². The van der Waals surface area contributed by atoms with Crippen molar-refractivity contribution in [3.05, 3.63) is 12.2 Å². The van der Waals surface area contributed by atoms with Crippen molar-refractivity contribution in [2.45, 2.75) is 33.7 Å². The zero-order chi connectivity index (χ0) is 8.65. The van der Waals surface area contributed by atoms with Crippen LogP contribution in [0.15, 0.2) is 12.2 Å². The van der Waals surface area contributed by atoms with Gasteiger partial charge in [-0.2, -0.15) is 0 Å². The highest BCUT2D eigenvalue weighted by Gasteiger charge is 2.33. The molecule has 68 valence electrons. The normalized spacial score (nSPS) is 16.8. The van der Waals surface area contributed by atoms with Gasteiger partial charge < -0.3 is 0 Å². The fraction of sp³-hybridized carbons (Fsp3) is 0.556. The smallest absolute Gasteiger partial charge is 0.254 e. The third kappa shape index (κ3) is 1.72. The minimum absolute atomic E-state index is 0. The summed E-state index contributed by atoms with van der Waals surface area (Å²) in [6.45, 7) is 5.49. The lowest BCUT2D eigenvalue weighted by molar-refractivity contribution is -0.142. The maximum Gasteiger partial charge on any atom is 0.254 e. The van der Waals surface area contributed by atoms with Crippen molar-refractivity contribution >= 4 is 11.8 Å². The monoisotopic (exact) mass is 169 g/mol. The van der Waals surface area contributed by atoms with E-state index < -0.39 is 5.54 Å². The van der Waals surface area contributed by atoms with Crippen LogP contribution in [-0.2, 0) is 9.59 Å². The summed E-state index contributed by atoms with van der Waals surface area (Å²) in [5.41, 5.74) is -0.405. The highest BCUT2D eigenvalue weighted by Crippen LogP contribution is 2.17. The number of nitrogens with zero attached hydrogens (tertiary/aromatic N) is 1. The molecular formula is C9H15NO2. The van der Waals surface area contributed by atoms with Gasteiger partial charge in [0.1, 0.15) is 0 Å². The predicted octanol–water partition coefficient (Wildman–Crippen LogP) is 1.35. The Morgan fingerprint density at radius 1 is 1.08 bits per heavy atom. The quantitative estimate of drug-likeness (QED) is 0.513. The maximum absolute atomic E-state index is 11.0. The first kappa shape index (κ1) is 10.9. The molecule has 0 spiro atoms. The lowest BCUT2D eigenvalue weighted by Crippen LogP contribution is -2.45. The lowest BCUT2D eigenvalue weighted by Gasteiger charge is -2.29. The second-order valence-corrected chi connectivity index (χ2v) is 3.52. The Labute approximate surface area is 73.1 Å². The summed E-state index contributed by atoms with van der Waals surface area (Å²) in [4.78, 5) is 23.3. The van der Waals surface area contributed by atoms with E-state index in [0.717, 1.165) is 0 Å². The second-order valence-electron chi connectivity index (χ2n) is 3.52. The van der Waals surface area contributed by atoms with E-state index >= 15 is 0 Å². The Hall–Kier alpha value is -1.12. The number of hydrogen-bond acceptors (Lipinski definition) is 2. The van der Waals surface area contributed by atoms with Gasteiger partial charge in [0.2, 0.25) is 0 Å². The molecule has 0 aromatic heterocycles. The van der Waals surface area contributed by atoms with Gasteiger partial charge in [-0.15, -0.1) is 0 Å². The molecule has 1 heterocycles. The maximum atomic E-state index is 11.0. The number of carbonyl (C=O) groups is 2. The Balaban J connectivity index is 0.00000121. The van der Waals surface area contributed by atoms with Gasteiger partial charge in [0.25, 0.3) is 11.8 Å². The molecule has 0 aliphatic carbocycles. The average Bonchev–Trinajstić information content (AvgIpc) is 2.08. The summed E-state index contributed by atoms with van der Waals surface area (Å²) in [6.07, 6.45) is 2.60. The second kappa shape index (κ2) is 3.09. The SMILES string of the molecule is C.CC(C)(C)N1C(=O)C=CC1=O. The minimum Gasteiger partial charge on any atom is -0.270 e. The van der Waals surface area contributed by atoms with E-state index in [2.05, 4.69) is 0 Å². The van der Waals surface area contributed by atoms with Crippen molar-refractivity contribution in [1.82, 2.24) is 4.90 Å². The predicted molar refractivity (Wildman–Crippen MR) is 47.5 cm³/mol. The van der Waals surface area contributed by atoms with Crippen LogP contribution < -0.4 is 0 Å². The van der Waals surface area contributed by atoms with Crippen LogP contribution in [0.25, 0.3) is 0 Å². The van der Waals surface area contributed by atoms with Crippen LogP contribution in [0.5, 0.6) is 0 Å². The largest absolute Gasteiger partial charge is 0.270 e. The van der Waals surface area contributed by atoms with Gasteiger partial charge in [0.05, 0.1) is 0 Å². The standard InChI is InChI=1S/C8H11NO2.CH4/c1-8(2,3)9-6(10)4-5-7(9)11;/h4-5H,1-3H3;1H4. The summed E-state index contributed by atoms with van der Waals surface area (Å²) in [5.74, 6) is -0.440. The molecule has 1 aliphatic heterocycles. The van der Waals surface area contributed by atoms with Crippen LogP contribution in [0, 0.1) is 0 Å². The molecule has 0 saturated heterocycles. The molecule has 0 unspecified atom stereocenters. The topological polar surface area (TPSA) is 37.4 Å². The van der Waals surface area contributed by atoms with Gasteiger partial charge in [-0.1, -0.05) is 7.43 Å². The number of amides is 2. The van der Waals surface area contributed by atoms with Crippen LogP contribution in [0.3, 0.4) is 0 Å². The fourth-order valence-electron chi connectivity index (χ4n) is 1.06. The van der Waals surface area contributed by atoms with Crippen LogP contribution in [-0.4, -0.2) is 22.3 Å². The molecule has 1 rings (SSSR count). The molecule has 0 atom stereocenters. The number of carbonyl (C=O) groups excluding carboxylic acids is 2. The minimum atomic E-state index is -0.405. The van der Waals surface area contributed by atoms with Crippen molar-refractivity contribution in [3.8, 4) is 0 Å². The molecule has 0 saturated carbocycles. The highest BCUT2D eigenvalue weighted by molar-refractivity contribution is 6.13. The molecule has 3 heteroatoms. The molecular weight excluding hydrogens is 154 g/mol. The molecule has 0 radical (unpaired) electrons. The Kier molecular flexibility index (Phi) is 2.80. The van der Waals surface area contributed by atoms with Crippen LogP contribution in [0.2, 0.25) is 0 Å². The number of rotatable bonds is 0. The molecule has 0 aromatic carbocycles. The zero-order valence-electron chi connectivity index (χ0n) is 6.92. The summed E-state index contributed by atoms with van der Waals surface area (Å²) in [7, 11) is 0. The molecule has 3 nitrogen and oxygen atoms in total. The number of hydrogen-bond donors (Lipinski definition) is 0. The van der Waals surface area contributed by atoms with E-state index in [1.807, 2.05) is 20.8 Å². The van der Waals surface area contributed by atoms with E-state index in [1.165, 1.54) is 17.1 Å². The van der Waals surface area contributed by atoms with E-state index in [9.17, 15) is 9.59 Å². The van der Waals surface area contributed by atoms with Gasteiger partial charge in [-0.3, -0.25) is 14.5 Å². The van der Waals surface area contributed by atoms with E-state index in [4.69, 9.17) is 0 Å². The van der Waals surface area contributed by atoms with Crippen molar-refractivity contribution in [3.63, 3.8) is 0 Å². The van der Waals surface area contributed by atoms with Crippen LogP contribution in [0.1, 0.15) is 28.2 Å². The number of imide groups is 1. The van der Waals surface area contributed by atoms with Gasteiger partial charge in [-0.05, 0) is 20.8 Å².